The molecule has 0 saturated heterocycles. The number of nitrogens with zero attached hydrogens (tertiary/aromatic N) is 1. The Labute approximate surface area is 142 Å². The van der Waals surface area contributed by atoms with Gasteiger partial charge in [0, 0.05) is 30.5 Å². The molecule has 0 aliphatic heterocycles. The Kier molecular flexibility index (Phi) is 4.92. The van der Waals surface area contributed by atoms with Crippen molar-refractivity contribution in [3.8, 4) is 0 Å². The summed E-state index contributed by atoms with van der Waals surface area (Å²) in [5, 5.41) is 2.89. The topological polar surface area (TPSA) is 32.3 Å². The lowest BCUT2D eigenvalue weighted by Gasteiger charge is -2.19. The largest absolute Gasteiger partial charge is 0.370 e. The van der Waals surface area contributed by atoms with Gasteiger partial charge in [-0.3, -0.25) is 4.79 Å². The Morgan fingerprint density at radius 2 is 1.42 bits per heavy atom. The summed E-state index contributed by atoms with van der Waals surface area (Å²) < 4.78 is 0. The first kappa shape index (κ1) is 15.8. The average Bonchev–Trinajstić information content (AvgIpc) is 2.64. The molecule has 0 atom stereocenters. The number of anilines is 2. The van der Waals surface area contributed by atoms with Crippen LogP contribution in [0.2, 0.25) is 0 Å². The Bertz CT molecular complexity index is 783. The minimum absolute atomic E-state index is 0.0934. The van der Waals surface area contributed by atoms with Gasteiger partial charge in [0.25, 0.3) is 5.91 Å². The molecule has 0 aliphatic carbocycles. The Hall–Kier alpha value is -3.07. The molecule has 0 aliphatic rings. The zero-order chi connectivity index (χ0) is 16.8. The fourth-order valence-electron chi connectivity index (χ4n) is 2.53. The van der Waals surface area contributed by atoms with E-state index in [9.17, 15) is 4.79 Å². The molecule has 120 valence electrons. The van der Waals surface area contributed by atoms with Crippen molar-refractivity contribution < 1.29 is 4.79 Å². The zero-order valence-electron chi connectivity index (χ0n) is 13.6. The van der Waals surface area contributed by atoms with E-state index < -0.39 is 0 Å². The Balaban J connectivity index is 1.64. The van der Waals surface area contributed by atoms with Crippen LogP contribution in [0, 0.1) is 0 Å². The van der Waals surface area contributed by atoms with Crippen molar-refractivity contribution in [2.45, 2.75) is 6.54 Å². The molecular weight excluding hydrogens is 296 g/mol. The molecule has 0 unspecified atom stereocenters. The number of rotatable bonds is 5. The molecule has 3 aromatic carbocycles. The highest BCUT2D eigenvalue weighted by Gasteiger charge is 2.07. The number of carbonyl (C=O) groups is 1. The summed E-state index contributed by atoms with van der Waals surface area (Å²) >= 11 is 0. The van der Waals surface area contributed by atoms with Crippen molar-refractivity contribution in [3.05, 3.63) is 96.1 Å². The molecule has 0 saturated carbocycles. The monoisotopic (exact) mass is 316 g/mol. The standard InChI is InChI=1S/C21H20N2O/c1-23(20-10-6-3-7-11-20)16-17-12-14-18(15-13-17)21(24)22-19-8-4-2-5-9-19/h2-15H,16H2,1H3,(H,22,24). The van der Waals surface area contributed by atoms with Crippen LogP contribution in [0.1, 0.15) is 15.9 Å². The fraction of sp³-hybridized carbons (Fsp3) is 0.0952. The fourth-order valence-corrected chi connectivity index (χ4v) is 2.53. The smallest absolute Gasteiger partial charge is 0.255 e. The van der Waals surface area contributed by atoms with Crippen LogP contribution in [0.3, 0.4) is 0 Å². The van der Waals surface area contributed by atoms with Gasteiger partial charge in [-0.2, -0.15) is 0 Å². The van der Waals surface area contributed by atoms with Crippen LogP contribution in [-0.4, -0.2) is 13.0 Å². The van der Waals surface area contributed by atoms with Crippen LogP contribution in [0.15, 0.2) is 84.9 Å². The van der Waals surface area contributed by atoms with Gasteiger partial charge in [-0.15, -0.1) is 0 Å². The normalized spacial score (nSPS) is 10.2. The van der Waals surface area contributed by atoms with E-state index in [1.807, 2.05) is 72.8 Å². The zero-order valence-corrected chi connectivity index (χ0v) is 13.6. The summed E-state index contributed by atoms with van der Waals surface area (Å²) in [5.74, 6) is -0.0934. The van der Waals surface area contributed by atoms with Crippen LogP contribution < -0.4 is 10.2 Å². The number of carbonyl (C=O) groups excluding carboxylic acids is 1. The van der Waals surface area contributed by atoms with Crippen molar-refractivity contribution >= 4 is 17.3 Å². The lowest BCUT2D eigenvalue weighted by molar-refractivity contribution is 0.102. The van der Waals surface area contributed by atoms with Crippen LogP contribution in [0.25, 0.3) is 0 Å². The Morgan fingerprint density at radius 3 is 2.04 bits per heavy atom. The first-order valence-corrected chi connectivity index (χ1v) is 7.94. The molecule has 3 nitrogen and oxygen atoms in total. The summed E-state index contributed by atoms with van der Waals surface area (Å²) in [4.78, 5) is 14.4. The third kappa shape index (κ3) is 4.02. The number of para-hydroxylation sites is 2. The van der Waals surface area contributed by atoms with E-state index in [0.29, 0.717) is 5.56 Å². The van der Waals surface area contributed by atoms with Gasteiger partial charge in [-0.05, 0) is 42.0 Å². The second kappa shape index (κ2) is 7.47. The van der Waals surface area contributed by atoms with Gasteiger partial charge < -0.3 is 10.2 Å². The Morgan fingerprint density at radius 1 is 0.833 bits per heavy atom. The minimum Gasteiger partial charge on any atom is -0.370 e. The van der Waals surface area contributed by atoms with Crippen molar-refractivity contribution in [1.82, 2.24) is 0 Å². The molecule has 1 amide bonds. The van der Waals surface area contributed by atoms with Crippen molar-refractivity contribution in [1.29, 1.82) is 0 Å². The molecule has 24 heavy (non-hydrogen) atoms. The second-order valence-electron chi connectivity index (χ2n) is 5.71. The first-order valence-electron chi connectivity index (χ1n) is 7.94. The minimum atomic E-state index is -0.0934. The van der Waals surface area contributed by atoms with Gasteiger partial charge in [-0.1, -0.05) is 48.5 Å². The maximum absolute atomic E-state index is 12.2. The molecule has 0 fully saturated rings. The number of hydrogen-bond acceptors (Lipinski definition) is 2. The van der Waals surface area contributed by atoms with Gasteiger partial charge >= 0.3 is 0 Å². The predicted molar refractivity (Wildman–Crippen MR) is 99.4 cm³/mol. The summed E-state index contributed by atoms with van der Waals surface area (Å²) in [5.41, 5.74) is 3.79. The maximum Gasteiger partial charge on any atom is 0.255 e. The maximum atomic E-state index is 12.2. The van der Waals surface area contributed by atoms with Gasteiger partial charge in [0.2, 0.25) is 0 Å². The highest BCUT2D eigenvalue weighted by Crippen LogP contribution is 2.15. The van der Waals surface area contributed by atoms with Gasteiger partial charge in [0.1, 0.15) is 0 Å². The van der Waals surface area contributed by atoms with Crippen molar-refractivity contribution in [2.24, 2.45) is 0 Å². The van der Waals surface area contributed by atoms with Crippen LogP contribution in [0.5, 0.6) is 0 Å². The molecule has 0 bridgehead atoms. The van der Waals surface area contributed by atoms with E-state index in [4.69, 9.17) is 0 Å². The molecule has 0 heterocycles. The molecule has 0 aromatic heterocycles. The summed E-state index contributed by atoms with van der Waals surface area (Å²) in [6, 6.07) is 27.5. The first-order chi connectivity index (χ1) is 11.7. The number of benzene rings is 3. The van der Waals surface area contributed by atoms with Gasteiger partial charge in [0.15, 0.2) is 0 Å². The number of hydrogen-bond donors (Lipinski definition) is 1. The van der Waals surface area contributed by atoms with E-state index in [1.54, 1.807) is 0 Å². The molecule has 0 radical (unpaired) electrons. The summed E-state index contributed by atoms with van der Waals surface area (Å²) in [6.07, 6.45) is 0. The molecule has 3 aromatic rings. The van der Waals surface area contributed by atoms with E-state index in [2.05, 4.69) is 29.4 Å². The highest BCUT2D eigenvalue weighted by atomic mass is 16.1. The van der Waals surface area contributed by atoms with Crippen molar-refractivity contribution in [2.75, 3.05) is 17.3 Å². The third-order valence-electron chi connectivity index (χ3n) is 3.86. The quantitative estimate of drug-likeness (QED) is 0.747. The average molecular weight is 316 g/mol. The SMILES string of the molecule is CN(Cc1ccc(C(=O)Nc2ccccc2)cc1)c1ccccc1. The van der Waals surface area contributed by atoms with E-state index in [-0.39, 0.29) is 5.91 Å². The summed E-state index contributed by atoms with van der Waals surface area (Å²) in [6.45, 7) is 0.796. The van der Waals surface area contributed by atoms with Crippen LogP contribution in [0.4, 0.5) is 11.4 Å². The molecule has 1 N–H and O–H groups in total. The predicted octanol–water partition coefficient (Wildman–Crippen LogP) is 4.58. The summed E-state index contributed by atoms with van der Waals surface area (Å²) in [7, 11) is 2.06. The highest BCUT2D eigenvalue weighted by molar-refractivity contribution is 6.04. The van der Waals surface area contributed by atoms with Crippen LogP contribution >= 0.6 is 0 Å². The lowest BCUT2D eigenvalue weighted by atomic mass is 10.1. The van der Waals surface area contributed by atoms with Crippen molar-refractivity contribution in [3.63, 3.8) is 0 Å². The molecule has 3 heteroatoms. The van der Waals surface area contributed by atoms with E-state index in [0.717, 1.165) is 17.8 Å². The lowest BCUT2D eigenvalue weighted by Crippen LogP contribution is -2.16. The van der Waals surface area contributed by atoms with Gasteiger partial charge in [-0.25, -0.2) is 0 Å². The van der Waals surface area contributed by atoms with Crippen LogP contribution in [-0.2, 0) is 6.54 Å². The molecule has 3 rings (SSSR count). The van der Waals surface area contributed by atoms with Gasteiger partial charge in [0.05, 0.1) is 0 Å². The number of amides is 1. The van der Waals surface area contributed by atoms with E-state index in [1.165, 1.54) is 5.69 Å². The van der Waals surface area contributed by atoms with E-state index >= 15 is 0 Å². The third-order valence-corrected chi connectivity index (χ3v) is 3.86. The second-order valence-corrected chi connectivity index (χ2v) is 5.71. The molecular formula is C21H20N2O. The molecule has 0 spiro atoms. The number of nitrogens with one attached hydrogen (secondary N) is 1.